The number of piperidine rings is 1. The number of aromatic nitrogens is 1. The fourth-order valence-corrected chi connectivity index (χ4v) is 6.24. The zero-order chi connectivity index (χ0) is 32.1. The summed E-state index contributed by atoms with van der Waals surface area (Å²) in [6, 6.07) is 25.0. The van der Waals surface area contributed by atoms with Crippen molar-refractivity contribution in [1.82, 2.24) is 4.98 Å². The lowest BCUT2D eigenvalue weighted by molar-refractivity contribution is -0.160. The van der Waals surface area contributed by atoms with Crippen molar-refractivity contribution in [3.05, 3.63) is 113 Å². The average Bonchev–Trinajstić information content (AvgIpc) is 3.01. The number of hydrogen-bond donors (Lipinski definition) is 1. The van der Waals surface area contributed by atoms with E-state index in [0.29, 0.717) is 30.2 Å². The molecule has 0 aliphatic carbocycles. The highest BCUT2D eigenvalue weighted by Gasteiger charge is 2.35. The molecule has 0 bridgehead atoms. The third-order valence-electron chi connectivity index (χ3n) is 8.33. The first-order chi connectivity index (χ1) is 21.5. The lowest BCUT2D eigenvalue weighted by atomic mass is 9.87. The molecule has 4 aromatic rings. The number of aliphatic carboxylic acids is 1. The number of rotatable bonds is 10. The minimum atomic E-state index is -1.17. The molecular weight excluding hydrogens is 567 g/mol. The number of pyridine rings is 1. The Hall–Kier alpha value is -4.23. The van der Waals surface area contributed by atoms with Crippen LogP contribution in [0.15, 0.2) is 78.9 Å². The lowest BCUT2D eigenvalue weighted by Crippen LogP contribution is -2.36. The number of benzene rings is 3. The van der Waals surface area contributed by atoms with Gasteiger partial charge in [-0.2, -0.15) is 0 Å². The van der Waals surface area contributed by atoms with Gasteiger partial charge in [0, 0.05) is 42.0 Å². The van der Waals surface area contributed by atoms with Gasteiger partial charge in [-0.15, -0.1) is 0 Å². The van der Waals surface area contributed by atoms with Crippen molar-refractivity contribution < 1.29 is 23.8 Å². The Labute approximate surface area is 265 Å². The van der Waals surface area contributed by atoms with Crippen LogP contribution in [0.3, 0.4) is 0 Å². The van der Waals surface area contributed by atoms with Crippen molar-refractivity contribution in [2.45, 2.75) is 71.5 Å². The van der Waals surface area contributed by atoms with E-state index >= 15 is 0 Å². The Bertz CT molecular complexity index is 1590. The monoisotopic (exact) mass is 610 g/mol. The molecule has 1 aromatic heterocycles. The van der Waals surface area contributed by atoms with Crippen LogP contribution in [-0.2, 0) is 16.0 Å². The van der Waals surface area contributed by atoms with E-state index < -0.39 is 17.7 Å². The maximum atomic E-state index is 13.2. The van der Waals surface area contributed by atoms with Gasteiger partial charge in [-0.05, 0) is 94.3 Å². The second kappa shape index (κ2) is 13.8. The number of halogens is 1. The van der Waals surface area contributed by atoms with E-state index in [1.54, 1.807) is 12.1 Å². The molecular formula is C38H43FN2O4. The second-order valence-corrected chi connectivity index (χ2v) is 12.8. The van der Waals surface area contributed by atoms with E-state index in [0.717, 1.165) is 59.8 Å². The first kappa shape index (κ1) is 32.2. The normalized spacial score (nSPS) is 14.8. The molecule has 1 aliphatic rings. The van der Waals surface area contributed by atoms with E-state index in [9.17, 15) is 14.3 Å². The maximum Gasteiger partial charge on any atom is 0.337 e. The molecule has 2 heterocycles. The van der Waals surface area contributed by atoms with Crippen LogP contribution in [0.1, 0.15) is 73.7 Å². The van der Waals surface area contributed by atoms with Crippen LogP contribution < -0.4 is 9.64 Å². The smallest absolute Gasteiger partial charge is 0.337 e. The van der Waals surface area contributed by atoms with Crippen LogP contribution in [-0.4, -0.2) is 41.4 Å². The van der Waals surface area contributed by atoms with Crippen LogP contribution >= 0.6 is 0 Å². The molecule has 0 saturated carbocycles. The second-order valence-electron chi connectivity index (χ2n) is 12.8. The van der Waals surface area contributed by atoms with Crippen LogP contribution in [0.4, 0.5) is 10.1 Å². The number of aryl methyl sites for hydroxylation is 2. The van der Waals surface area contributed by atoms with E-state index in [1.165, 1.54) is 17.7 Å². The number of carboxylic acids is 1. The molecule has 1 saturated heterocycles. The summed E-state index contributed by atoms with van der Waals surface area (Å²) < 4.78 is 25.5. The number of nitrogens with zero attached hydrogens (tertiary/aromatic N) is 2. The molecule has 45 heavy (non-hydrogen) atoms. The third-order valence-corrected chi connectivity index (χ3v) is 8.33. The SMILES string of the molecule is Cc1nc(C)c([C@H](OC(C)(C)C)C(=O)O)c(N2CCC(c3ccccc3)CC2)c1-c1ccc(OCCc2ccc(F)cc2)cc1. The van der Waals surface area contributed by atoms with E-state index in [-0.39, 0.29) is 5.82 Å². The number of carbonyl (C=O) groups is 1. The van der Waals surface area contributed by atoms with Gasteiger partial charge in [-0.25, -0.2) is 9.18 Å². The van der Waals surface area contributed by atoms with Gasteiger partial charge < -0.3 is 19.5 Å². The summed E-state index contributed by atoms with van der Waals surface area (Å²) in [5, 5.41) is 10.5. The van der Waals surface area contributed by atoms with Crippen molar-refractivity contribution in [2.75, 3.05) is 24.6 Å². The van der Waals surface area contributed by atoms with Crippen molar-refractivity contribution in [2.24, 2.45) is 0 Å². The highest BCUT2D eigenvalue weighted by atomic mass is 19.1. The van der Waals surface area contributed by atoms with Gasteiger partial charge in [0.2, 0.25) is 0 Å². The van der Waals surface area contributed by atoms with E-state index in [4.69, 9.17) is 14.5 Å². The first-order valence-electron chi connectivity index (χ1n) is 15.7. The molecule has 1 fully saturated rings. The summed E-state index contributed by atoms with van der Waals surface area (Å²) in [5.41, 5.74) is 6.51. The highest BCUT2D eigenvalue weighted by Crippen LogP contribution is 2.44. The number of ether oxygens (including phenoxy) is 2. The van der Waals surface area contributed by atoms with Gasteiger partial charge in [0.05, 0.1) is 17.9 Å². The minimum Gasteiger partial charge on any atom is -0.493 e. The van der Waals surface area contributed by atoms with Crippen molar-refractivity contribution in [3.63, 3.8) is 0 Å². The molecule has 1 atom stereocenters. The lowest BCUT2D eigenvalue weighted by Gasteiger charge is -2.38. The largest absolute Gasteiger partial charge is 0.493 e. The van der Waals surface area contributed by atoms with Crippen LogP contribution in [0, 0.1) is 19.7 Å². The summed E-state index contributed by atoms with van der Waals surface area (Å²) >= 11 is 0. The zero-order valence-corrected chi connectivity index (χ0v) is 26.8. The van der Waals surface area contributed by atoms with E-state index in [1.807, 2.05) is 65.0 Å². The number of anilines is 1. The molecule has 5 rings (SSSR count). The van der Waals surface area contributed by atoms with Gasteiger partial charge in [0.1, 0.15) is 11.6 Å². The van der Waals surface area contributed by atoms with E-state index in [2.05, 4.69) is 29.2 Å². The van der Waals surface area contributed by atoms with Crippen molar-refractivity contribution >= 4 is 11.7 Å². The minimum absolute atomic E-state index is 0.251. The van der Waals surface area contributed by atoms with Crippen molar-refractivity contribution in [1.29, 1.82) is 0 Å². The maximum absolute atomic E-state index is 13.2. The summed E-state index contributed by atoms with van der Waals surface area (Å²) in [7, 11) is 0. The van der Waals surface area contributed by atoms with Gasteiger partial charge >= 0.3 is 5.97 Å². The fraction of sp³-hybridized carbons (Fsp3) is 0.368. The topological polar surface area (TPSA) is 71.9 Å². The Kier molecular flexibility index (Phi) is 9.88. The molecule has 6 nitrogen and oxygen atoms in total. The molecule has 0 spiro atoms. The average molecular weight is 611 g/mol. The Morgan fingerprint density at radius 1 is 0.956 bits per heavy atom. The predicted octanol–water partition coefficient (Wildman–Crippen LogP) is 8.45. The van der Waals surface area contributed by atoms with Gasteiger partial charge in [0.15, 0.2) is 6.10 Å². The summed E-state index contributed by atoms with van der Waals surface area (Å²) in [4.78, 5) is 20.0. The first-order valence-corrected chi connectivity index (χ1v) is 15.7. The molecule has 3 aromatic carbocycles. The molecule has 1 N–H and O–H groups in total. The van der Waals surface area contributed by atoms with Crippen molar-refractivity contribution in [3.8, 4) is 16.9 Å². The molecule has 0 unspecified atom stereocenters. The van der Waals surface area contributed by atoms with Crippen LogP contribution in [0.2, 0.25) is 0 Å². The van der Waals surface area contributed by atoms with Crippen LogP contribution in [0.5, 0.6) is 5.75 Å². The Balaban J connectivity index is 1.49. The summed E-state index contributed by atoms with van der Waals surface area (Å²) in [6.07, 6.45) is 1.41. The standard InChI is InChI=1S/C38H43FN2O4/c1-25-33(30-13-17-32(18-14-30)44-24-21-27-11-15-31(39)16-12-27)35(34(26(2)40-25)36(37(42)43)45-38(3,4)5)41-22-19-29(20-23-41)28-9-7-6-8-10-28/h6-18,29,36H,19-24H2,1-5H3,(H,42,43)/t36-/m0/s1. The fourth-order valence-electron chi connectivity index (χ4n) is 6.24. The Morgan fingerprint density at radius 3 is 2.20 bits per heavy atom. The third kappa shape index (κ3) is 7.90. The van der Waals surface area contributed by atoms with Gasteiger partial charge in [0.25, 0.3) is 0 Å². The molecule has 7 heteroatoms. The molecule has 0 radical (unpaired) electrons. The predicted molar refractivity (Wildman–Crippen MR) is 177 cm³/mol. The number of hydrogen-bond acceptors (Lipinski definition) is 5. The summed E-state index contributed by atoms with van der Waals surface area (Å²) in [5.74, 6) is -0.108. The summed E-state index contributed by atoms with van der Waals surface area (Å²) in [6.45, 7) is 11.5. The number of carboxylic acid groups (broad SMARTS) is 1. The van der Waals surface area contributed by atoms with Crippen LogP contribution in [0.25, 0.3) is 11.1 Å². The quantitative estimate of drug-likeness (QED) is 0.194. The highest BCUT2D eigenvalue weighted by molar-refractivity contribution is 5.88. The van der Waals surface area contributed by atoms with Gasteiger partial charge in [-0.1, -0.05) is 54.6 Å². The van der Waals surface area contributed by atoms with Gasteiger partial charge in [-0.3, -0.25) is 4.98 Å². The zero-order valence-electron chi connectivity index (χ0n) is 26.8. The molecule has 1 aliphatic heterocycles. The Morgan fingerprint density at radius 2 is 1.60 bits per heavy atom. The molecule has 236 valence electrons. The molecule has 0 amide bonds.